The van der Waals surface area contributed by atoms with Crippen LogP contribution < -0.4 is 22.1 Å². The summed E-state index contributed by atoms with van der Waals surface area (Å²) < 4.78 is 13.2. The highest BCUT2D eigenvalue weighted by Gasteiger charge is 2.36. The van der Waals surface area contributed by atoms with Gasteiger partial charge in [0.15, 0.2) is 0 Å². The fraction of sp³-hybridized carbons (Fsp3) is 0.200. The first-order valence-corrected chi connectivity index (χ1v) is 10.5. The van der Waals surface area contributed by atoms with Gasteiger partial charge < -0.3 is 22.1 Å². The first-order chi connectivity index (χ1) is 15.3. The van der Waals surface area contributed by atoms with Gasteiger partial charge in [-0.1, -0.05) is 31.0 Å². The first kappa shape index (κ1) is 21.5. The summed E-state index contributed by atoms with van der Waals surface area (Å²) in [4.78, 5) is 25.2. The molecule has 0 radical (unpaired) electrons. The number of hydrogen-bond acceptors (Lipinski definition) is 4. The van der Waals surface area contributed by atoms with E-state index in [-0.39, 0.29) is 17.6 Å². The van der Waals surface area contributed by atoms with Crippen LogP contribution in [0, 0.1) is 5.82 Å². The maximum atomic E-state index is 13.2. The zero-order valence-electron chi connectivity index (χ0n) is 17.5. The minimum Gasteiger partial charge on any atom is -0.397 e. The lowest BCUT2D eigenvalue weighted by molar-refractivity contribution is -0.121. The monoisotopic (exact) mass is 432 g/mol. The molecule has 0 aliphatic heterocycles. The van der Waals surface area contributed by atoms with Gasteiger partial charge in [-0.25, -0.2) is 4.39 Å². The van der Waals surface area contributed by atoms with Gasteiger partial charge in [-0.3, -0.25) is 9.59 Å². The Hall–Kier alpha value is -3.71. The molecule has 1 aliphatic rings. The van der Waals surface area contributed by atoms with Gasteiger partial charge in [0, 0.05) is 11.3 Å². The van der Waals surface area contributed by atoms with E-state index in [0.29, 0.717) is 35.5 Å². The van der Waals surface area contributed by atoms with Gasteiger partial charge in [-0.15, -0.1) is 0 Å². The quantitative estimate of drug-likeness (QED) is 0.444. The van der Waals surface area contributed by atoms with Gasteiger partial charge in [-0.2, -0.15) is 0 Å². The van der Waals surface area contributed by atoms with E-state index in [9.17, 15) is 14.0 Å². The Labute approximate surface area is 185 Å². The number of nitrogen functional groups attached to an aromatic ring is 1. The van der Waals surface area contributed by atoms with Crippen LogP contribution in [0.3, 0.4) is 0 Å². The number of rotatable bonds is 5. The number of amides is 2. The second kappa shape index (κ2) is 8.80. The minimum atomic E-state index is -0.816. The molecule has 0 heterocycles. The zero-order chi connectivity index (χ0) is 22.7. The van der Waals surface area contributed by atoms with Crippen LogP contribution in [0.5, 0.6) is 0 Å². The molecule has 1 saturated carbocycles. The zero-order valence-corrected chi connectivity index (χ0v) is 17.5. The normalized spacial score (nSPS) is 14.7. The van der Waals surface area contributed by atoms with E-state index in [2.05, 4.69) is 10.6 Å². The molecule has 0 aromatic heterocycles. The van der Waals surface area contributed by atoms with Crippen molar-refractivity contribution in [3.63, 3.8) is 0 Å². The van der Waals surface area contributed by atoms with Crippen molar-refractivity contribution in [2.24, 2.45) is 5.73 Å². The number of carbonyl (C=O) groups is 2. The van der Waals surface area contributed by atoms with Crippen molar-refractivity contribution in [2.75, 3.05) is 16.4 Å². The lowest BCUT2D eigenvalue weighted by Gasteiger charge is -2.22. The van der Waals surface area contributed by atoms with Crippen LogP contribution in [0.4, 0.5) is 21.5 Å². The fourth-order valence-corrected chi connectivity index (χ4v) is 3.87. The highest BCUT2D eigenvalue weighted by atomic mass is 19.1. The molecule has 1 fully saturated rings. The average Bonchev–Trinajstić information content (AvgIpc) is 3.24. The molecule has 6 nitrogen and oxygen atoms in total. The smallest absolute Gasteiger partial charge is 0.255 e. The Morgan fingerprint density at radius 1 is 0.844 bits per heavy atom. The van der Waals surface area contributed by atoms with Gasteiger partial charge in [0.1, 0.15) is 5.82 Å². The van der Waals surface area contributed by atoms with Crippen molar-refractivity contribution in [1.82, 2.24) is 0 Å². The van der Waals surface area contributed by atoms with E-state index in [1.54, 1.807) is 48.5 Å². The molecular formula is C25H25FN4O2. The third kappa shape index (κ3) is 4.63. The Balaban J connectivity index is 1.45. The molecule has 164 valence electrons. The van der Waals surface area contributed by atoms with Crippen LogP contribution >= 0.6 is 0 Å². The highest BCUT2D eigenvalue weighted by molar-refractivity contribution is 6.06. The summed E-state index contributed by atoms with van der Waals surface area (Å²) in [6.07, 6.45) is 3.26. The number of nitrogens with one attached hydrogen (secondary N) is 2. The van der Waals surface area contributed by atoms with Gasteiger partial charge in [0.05, 0.1) is 16.9 Å². The summed E-state index contributed by atoms with van der Waals surface area (Å²) in [5.41, 5.74) is 14.9. The second-order valence-corrected chi connectivity index (χ2v) is 8.16. The fourth-order valence-electron chi connectivity index (χ4n) is 3.87. The molecule has 2 amide bonds. The molecule has 0 atom stereocenters. The number of hydrogen-bond donors (Lipinski definition) is 4. The lowest BCUT2D eigenvalue weighted by atomic mass is 9.98. The van der Waals surface area contributed by atoms with E-state index in [1.165, 1.54) is 12.1 Å². The van der Waals surface area contributed by atoms with Crippen molar-refractivity contribution in [1.29, 1.82) is 0 Å². The number of anilines is 3. The molecule has 0 unspecified atom stereocenters. The van der Waals surface area contributed by atoms with Crippen molar-refractivity contribution >= 4 is 28.9 Å². The summed E-state index contributed by atoms with van der Waals surface area (Å²) in [5.74, 6) is -0.850. The van der Waals surface area contributed by atoms with Crippen LogP contribution in [0.1, 0.15) is 36.0 Å². The standard InChI is InChI=1S/C25H25FN4O2/c26-19-8-3-16(4-9-19)18-7-12-21(27)22(15-18)30-23(31)17-5-10-20(11-6-17)29-24(32)25(28)13-1-2-14-25/h3-12,15H,1-2,13-14,27-28H2,(H,29,32)(H,30,31). The maximum absolute atomic E-state index is 13.2. The Bertz CT molecular complexity index is 1140. The first-order valence-electron chi connectivity index (χ1n) is 10.5. The summed E-state index contributed by atoms with van der Waals surface area (Å²) >= 11 is 0. The summed E-state index contributed by atoms with van der Waals surface area (Å²) in [6, 6.07) is 17.9. The number of carbonyl (C=O) groups excluding carboxylic acids is 2. The predicted octanol–water partition coefficient (Wildman–Crippen LogP) is 4.54. The second-order valence-electron chi connectivity index (χ2n) is 8.16. The molecule has 1 aliphatic carbocycles. The van der Waals surface area contributed by atoms with Crippen LogP contribution in [0.25, 0.3) is 11.1 Å². The minimum absolute atomic E-state index is 0.197. The summed E-state index contributed by atoms with van der Waals surface area (Å²) in [7, 11) is 0. The highest BCUT2D eigenvalue weighted by Crippen LogP contribution is 2.29. The van der Waals surface area contributed by atoms with Crippen molar-refractivity contribution in [3.8, 4) is 11.1 Å². The Morgan fingerprint density at radius 3 is 2.12 bits per heavy atom. The number of benzene rings is 3. The Morgan fingerprint density at radius 2 is 1.47 bits per heavy atom. The number of halogens is 1. The molecule has 3 aromatic carbocycles. The maximum Gasteiger partial charge on any atom is 0.255 e. The van der Waals surface area contributed by atoms with Gasteiger partial charge >= 0.3 is 0 Å². The van der Waals surface area contributed by atoms with Crippen LogP contribution in [-0.4, -0.2) is 17.4 Å². The topological polar surface area (TPSA) is 110 Å². The van der Waals surface area contributed by atoms with Crippen molar-refractivity contribution < 1.29 is 14.0 Å². The van der Waals surface area contributed by atoms with Gasteiger partial charge in [-0.05, 0) is 72.5 Å². The van der Waals surface area contributed by atoms with E-state index >= 15 is 0 Å². The molecule has 0 bridgehead atoms. The molecule has 0 saturated heterocycles. The largest absolute Gasteiger partial charge is 0.397 e. The molecule has 7 heteroatoms. The summed E-state index contributed by atoms with van der Waals surface area (Å²) in [6.45, 7) is 0. The third-order valence-corrected chi connectivity index (χ3v) is 5.83. The van der Waals surface area contributed by atoms with Crippen LogP contribution in [-0.2, 0) is 4.79 Å². The molecule has 3 aromatic rings. The molecule has 6 N–H and O–H groups in total. The van der Waals surface area contributed by atoms with Crippen LogP contribution in [0.15, 0.2) is 66.7 Å². The van der Waals surface area contributed by atoms with Gasteiger partial charge in [0.25, 0.3) is 5.91 Å². The SMILES string of the molecule is Nc1ccc(-c2ccc(F)cc2)cc1NC(=O)c1ccc(NC(=O)C2(N)CCCC2)cc1. The van der Waals surface area contributed by atoms with E-state index in [4.69, 9.17) is 11.5 Å². The van der Waals surface area contributed by atoms with E-state index in [0.717, 1.165) is 24.0 Å². The van der Waals surface area contributed by atoms with Crippen molar-refractivity contribution in [3.05, 3.63) is 78.1 Å². The Kier molecular flexibility index (Phi) is 5.92. The van der Waals surface area contributed by atoms with Gasteiger partial charge in [0.2, 0.25) is 5.91 Å². The van der Waals surface area contributed by atoms with Crippen LogP contribution in [0.2, 0.25) is 0 Å². The molecular weight excluding hydrogens is 407 g/mol. The van der Waals surface area contributed by atoms with Crippen molar-refractivity contribution in [2.45, 2.75) is 31.2 Å². The van der Waals surface area contributed by atoms with E-state index < -0.39 is 5.54 Å². The third-order valence-electron chi connectivity index (χ3n) is 5.83. The molecule has 4 rings (SSSR count). The molecule has 32 heavy (non-hydrogen) atoms. The average molecular weight is 432 g/mol. The predicted molar refractivity (Wildman–Crippen MR) is 125 cm³/mol. The summed E-state index contributed by atoms with van der Waals surface area (Å²) in [5, 5.41) is 5.65. The molecule has 0 spiro atoms. The van der Waals surface area contributed by atoms with E-state index in [1.807, 2.05) is 6.07 Å². The lowest BCUT2D eigenvalue weighted by Crippen LogP contribution is -2.48. The number of nitrogens with two attached hydrogens (primary N) is 2.